The molecule has 2 aromatic heterocycles. The van der Waals surface area contributed by atoms with E-state index in [1.165, 1.54) is 13.2 Å². The van der Waals surface area contributed by atoms with Crippen LogP contribution in [0.5, 0.6) is 5.75 Å². The summed E-state index contributed by atoms with van der Waals surface area (Å²) in [5.41, 5.74) is -1.28. The van der Waals surface area contributed by atoms with Gasteiger partial charge in [-0.05, 0) is 50.8 Å². The second-order valence-corrected chi connectivity index (χ2v) is 8.56. The first-order valence-electron chi connectivity index (χ1n) is 10.1. The molecule has 0 spiro atoms. The van der Waals surface area contributed by atoms with Gasteiger partial charge in [0.15, 0.2) is 0 Å². The minimum Gasteiger partial charge on any atom is -0.494 e. The summed E-state index contributed by atoms with van der Waals surface area (Å²) in [7, 11) is 1.43. The molecule has 1 aliphatic rings. The number of rotatable bonds is 5. The van der Waals surface area contributed by atoms with Gasteiger partial charge in [-0.2, -0.15) is 18.3 Å². The number of hydrogen-bond donors (Lipinski definition) is 2. The third kappa shape index (κ3) is 4.27. The van der Waals surface area contributed by atoms with Crippen molar-refractivity contribution in [2.75, 3.05) is 12.4 Å². The maximum Gasteiger partial charge on any atom is 0.433 e. The van der Waals surface area contributed by atoms with E-state index in [0.717, 1.165) is 30.4 Å². The minimum atomic E-state index is -4.65. The van der Waals surface area contributed by atoms with Crippen molar-refractivity contribution in [1.29, 1.82) is 0 Å². The van der Waals surface area contributed by atoms with E-state index in [1.54, 1.807) is 26.0 Å². The van der Waals surface area contributed by atoms with Crippen molar-refractivity contribution in [2.45, 2.75) is 44.5 Å². The number of ether oxygens (including phenoxy) is 1. The van der Waals surface area contributed by atoms with Crippen LogP contribution in [0.2, 0.25) is 0 Å². The molecule has 10 heteroatoms. The molecule has 0 radical (unpaired) electrons. The highest BCUT2D eigenvalue weighted by atomic mass is 19.4. The summed E-state index contributed by atoms with van der Waals surface area (Å²) in [6.07, 6.45) is -1.19. The molecule has 2 heterocycles. The van der Waals surface area contributed by atoms with Gasteiger partial charge in [0, 0.05) is 17.6 Å². The van der Waals surface area contributed by atoms with Crippen molar-refractivity contribution in [1.82, 2.24) is 14.8 Å². The smallest absolute Gasteiger partial charge is 0.433 e. The van der Waals surface area contributed by atoms with E-state index in [0.29, 0.717) is 17.0 Å². The Morgan fingerprint density at radius 1 is 1.25 bits per heavy atom. The van der Waals surface area contributed by atoms with Crippen LogP contribution in [-0.4, -0.2) is 38.5 Å². The second-order valence-electron chi connectivity index (χ2n) is 8.56. The number of nitrogens with one attached hydrogen (secondary N) is 1. The average molecular weight is 448 g/mol. The summed E-state index contributed by atoms with van der Waals surface area (Å²) >= 11 is 0. The zero-order valence-electron chi connectivity index (χ0n) is 17.8. The van der Waals surface area contributed by atoms with Crippen LogP contribution in [0.15, 0.2) is 36.5 Å². The minimum absolute atomic E-state index is 0.164. The lowest BCUT2D eigenvalue weighted by Gasteiger charge is -2.42. The summed E-state index contributed by atoms with van der Waals surface area (Å²) in [5, 5.41) is 18.0. The Hall–Kier alpha value is -3.14. The Bertz CT molecular complexity index is 1160. The number of anilines is 1. The molecule has 3 aromatic rings. The molecule has 1 aromatic carbocycles. The highest BCUT2D eigenvalue weighted by Gasteiger charge is 2.40. The molecular weight excluding hydrogens is 425 g/mol. The van der Waals surface area contributed by atoms with Crippen LogP contribution in [0, 0.1) is 5.92 Å². The first-order chi connectivity index (χ1) is 15.0. The Morgan fingerprint density at radius 3 is 2.59 bits per heavy atom. The number of aromatic nitrogens is 3. The predicted molar refractivity (Wildman–Crippen MR) is 112 cm³/mol. The van der Waals surface area contributed by atoms with Crippen molar-refractivity contribution >= 4 is 22.5 Å². The number of pyridine rings is 1. The molecule has 1 saturated carbocycles. The largest absolute Gasteiger partial charge is 0.494 e. The van der Waals surface area contributed by atoms with E-state index in [4.69, 9.17) is 4.74 Å². The van der Waals surface area contributed by atoms with Gasteiger partial charge >= 0.3 is 6.18 Å². The fourth-order valence-electron chi connectivity index (χ4n) is 3.81. The van der Waals surface area contributed by atoms with Gasteiger partial charge in [0.05, 0.1) is 30.0 Å². The van der Waals surface area contributed by atoms with Crippen LogP contribution >= 0.6 is 0 Å². The summed E-state index contributed by atoms with van der Waals surface area (Å²) in [4.78, 5) is 16.0. The van der Waals surface area contributed by atoms with E-state index in [9.17, 15) is 23.1 Å². The molecular formula is C22H23F3N4O3. The molecule has 0 bridgehead atoms. The van der Waals surface area contributed by atoms with E-state index in [-0.39, 0.29) is 17.7 Å². The third-order valence-electron chi connectivity index (χ3n) is 5.85. The Kier molecular flexibility index (Phi) is 5.36. The van der Waals surface area contributed by atoms with Gasteiger partial charge in [-0.25, -0.2) is 4.98 Å². The van der Waals surface area contributed by atoms with Gasteiger partial charge in [-0.1, -0.05) is 6.07 Å². The first kappa shape index (κ1) is 22.1. The van der Waals surface area contributed by atoms with Gasteiger partial charge in [-0.3, -0.25) is 9.48 Å². The first-order valence-corrected chi connectivity index (χ1v) is 10.1. The summed E-state index contributed by atoms with van der Waals surface area (Å²) in [6, 6.07) is 6.64. The molecule has 4 rings (SSSR count). The quantitative estimate of drug-likeness (QED) is 0.603. The summed E-state index contributed by atoms with van der Waals surface area (Å²) in [6.45, 7) is 3.60. The highest BCUT2D eigenvalue weighted by molar-refractivity contribution is 6.05. The summed E-state index contributed by atoms with van der Waals surface area (Å²) < 4.78 is 45.9. The Labute approximate surface area is 182 Å². The maximum atomic E-state index is 12.9. The Balaban J connectivity index is 1.57. The highest BCUT2D eigenvalue weighted by Crippen LogP contribution is 2.44. The Morgan fingerprint density at radius 2 is 1.97 bits per heavy atom. The molecule has 2 N–H and O–H groups in total. The van der Waals surface area contributed by atoms with Crippen molar-refractivity contribution in [2.24, 2.45) is 5.92 Å². The normalized spacial score (nSPS) is 19.0. The topological polar surface area (TPSA) is 89.3 Å². The fraction of sp³-hybridized carbons (Fsp3) is 0.409. The van der Waals surface area contributed by atoms with Crippen molar-refractivity contribution in [3.8, 4) is 5.75 Å². The molecule has 7 nitrogen and oxygen atoms in total. The van der Waals surface area contributed by atoms with Crippen molar-refractivity contribution in [3.05, 3.63) is 47.9 Å². The lowest BCUT2D eigenvalue weighted by molar-refractivity contribution is -0.141. The zero-order chi connectivity index (χ0) is 23.3. The lowest BCUT2D eigenvalue weighted by atomic mass is 9.71. The monoisotopic (exact) mass is 448 g/mol. The molecule has 170 valence electrons. The van der Waals surface area contributed by atoms with Gasteiger partial charge < -0.3 is 15.2 Å². The number of methoxy groups -OCH3 is 1. The standard InChI is InChI=1S/C22H23F3N4O3/c1-21(2,31)13-8-14(9-13)29-11-12-7-17(18(32-3)10-16(12)28-29)27-20(30)15-5-4-6-19(26-15)22(23,24)25/h4-7,10-11,13-14,31H,8-9H2,1-3H3,(H,27,30). The molecule has 1 fully saturated rings. The number of aliphatic hydroxyl groups is 1. The molecule has 1 amide bonds. The third-order valence-corrected chi connectivity index (χ3v) is 5.85. The van der Waals surface area contributed by atoms with Crippen LogP contribution in [-0.2, 0) is 6.18 Å². The molecule has 1 aliphatic carbocycles. The summed E-state index contributed by atoms with van der Waals surface area (Å²) in [5.74, 6) is -0.261. The predicted octanol–water partition coefficient (Wildman–Crippen LogP) is 4.43. The number of fused-ring (bicyclic) bond motifs is 1. The van der Waals surface area contributed by atoms with Crippen molar-refractivity contribution in [3.63, 3.8) is 0 Å². The average Bonchev–Trinajstić information content (AvgIpc) is 3.06. The number of nitrogens with zero attached hydrogens (tertiary/aromatic N) is 3. The van der Waals surface area contributed by atoms with E-state index in [2.05, 4.69) is 15.4 Å². The van der Waals surface area contributed by atoms with E-state index >= 15 is 0 Å². The SMILES string of the molecule is COc1cc2nn(C3CC(C(C)(C)O)C3)cc2cc1NC(=O)c1cccc(C(F)(F)F)n1. The number of benzene rings is 1. The number of halogens is 3. The zero-order valence-corrected chi connectivity index (χ0v) is 17.8. The van der Waals surface area contributed by atoms with Crippen LogP contribution in [0.4, 0.5) is 18.9 Å². The van der Waals surface area contributed by atoms with Crippen LogP contribution in [0.3, 0.4) is 0 Å². The second kappa shape index (κ2) is 7.77. The van der Waals surface area contributed by atoms with Crippen LogP contribution < -0.4 is 10.1 Å². The van der Waals surface area contributed by atoms with E-state index < -0.39 is 23.4 Å². The number of carbonyl (C=O) groups excluding carboxylic acids is 1. The van der Waals surface area contributed by atoms with Crippen molar-refractivity contribution < 1.29 is 27.8 Å². The number of alkyl halides is 3. The molecule has 0 atom stereocenters. The fourth-order valence-corrected chi connectivity index (χ4v) is 3.81. The van der Waals surface area contributed by atoms with Crippen LogP contribution in [0.1, 0.15) is 48.9 Å². The van der Waals surface area contributed by atoms with Gasteiger partial charge in [-0.15, -0.1) is 0 Å². The number of amides is 1. The van der Waals surface area contributed by atoms with Gasteiger partial charge in [0.1, 0.15) is 17.1 Å². The maximum absolute atomic E-state index is 12.9. The molecule has 0 saturated heterocycles. The molecule has 32 heavy (non-hydrogen) atoms. The molecule has 0 aliphatic heterocycles. The molecule has 0 unspecified atom stereocenters. The van der Waals surface area contributed by atoms with E-state index in [1.807, 2.05) is 10.9 Å². The lowest BCUT2D eigenvalue weighted by Crippen LogP contribution is -2.41. The van der Waals surface area contributed by atoms with Gasteiger partial charge in [0.2, 0.25) is 0 Å². The van der Waals surface area contributed by atoms with Gasteiger partial charge in [0.25, 0.3) is 5.91 Å². The number of hydrogen-bond acceptors (Lipinski definition) is 5. The number of carbonyl (C=O) groups is 1. The van der Waals surface area contributed by atoms with Crippen LogP contribution in [0.25, 0.3) is 10.9 Å².